The summed E-state index contributed by atoms with van der Waals surface area (Å²) in [4.78, 5) is 35.4. The van der Waals surface area contributed by atoms with Crippen LogP contribution in [0, 0.1) is 5.92 Å². The summed E-state index contributed by atoms with van der Waals surface area (Å²) in [5, 5.41) is 6.59. The van der Waals surface area contributed by atoms with Crippen LogP contribution < -0.4 is 10.2 Å². The predicted octanol–water partition coefficient (Wildman–Crippen LogP) is 3.96. The average Bonchev–Trinajstić information content (AvgIpc) is 3.39. The van der Waals surface area contributed by atoms with Gasteiger partial charge in [0.05, 0.1) is 10.7 Å². The molecule has 1 N–H and O–H groups in total. The molecule has 4 rings (SSSR count). The van der Waals surface area contributed by atoms with Crippen LogP contribution in [-0.4, -0.2) is 34.9 Å². The van der Waals surface area contributed by atoms with Gasteiger partial charge < -0.3 is 10.2 Å². The molecule has 6 nitrogen and oxygen atoms in total. The highest BCUT2D eigenvalue weighted by Crippen LogP contribution is 2.26. The predicted molar refractivity (Wildman–Crippen MR) is 119 cm³/mol. The van der Waals surface area contributed by atoms with Gasteiger partial charge in [-0.25, -0.2) is 4.98 Å². The Morgan fingerprint density at radius 1 is 1.20 bits per heavy atom. The first-order valence-corrected chi connectivity index (χ1v) is 11.1. The van der Waals surface area contributed by atoms with Crippen LogP contribution in [0.15, 0.2) is 54.2 Å². The Bertz CT molecular complexity index is 1020. The highest BCUT2D eigenvalue weighted by molar-refractivity contribution is 7.09. The third-order valence-electron chi connectivity index (χ3n) is 5.05. The fraction of sp³-hybridized carbons (Fsp3) is 0.273. The smallest absolute Gasteiger partial charge is 0.239 e. The molecule has 154 valence electrons. The lowest BCUT2D eigenvalue weighted by atomic mass is 10.1. The number of nitrogens with one attached hydrogen (secondary N) is 1. The normalized spacial score (nSPS) is 16.1. The van der Waals surface area contributed by atoms with Crippen molar-refractivity contribution in [2.24, 2.45) is 5.92 Å². The molecule has 0 saturated carbocycles. The molecule has 1 aliphatic rings. The van der Waals surface area contributed by atoms with E-state index in [1.165, 1.54) is 0 Å². The monoisotopic (exact) mass is 440 g/mol. The second-order valence-electron chi connectivity index (χ2n) is 7.06. The zero-order chi connectivity index (χ0) is 20.9. The van der Waals surface area contributed by atoms with Crippen LogP contribution in [0.3, 0.4) is 0 Å². The Morgan fingerprint density at radius 3 is 2.73 bits per heavy atom. The molecule has 1 unspecified atom stereocenters. The van der Waals surface area contributed by atoms with Crippen molar-refractivity contribution < 1.29 is 9.59 Å². The molecule has 1 aromatic carbocycles. The number of aromatic nitrogens is 2. The number of aryl methyl sites for hydroxylation is 1. The molecular formula is C22H21ClN4O2S. The third kappa shape index (κ3) is 4.68. The quantitative estimate of drug-likeness (QED) is 0.445. The second kappa shape index (κ2) is 9.36. The molecule has 2 amide bonds. The first-order chi connectivity index (χ1) is 14.6. The topological polar surface area (TPSA) is 75.2 Å². The van der Waals surface area contributed by atoms with Gasteiger partial charge in [-0.05, 0) is 49.2 Å². The number of hydrogen-bond acceptors (Lipinski definition) is 5. The molecule has 1 fully saturated rings. The number of pyridine rings is 1. The van der Waals surface area contributed by atoms with E-state index in [-0.39, 0.29) is 11.8 Å². The summed E-state index contributed by atoms with van der Waals surface area (Å²) < 4.78 is 0. The first-order valence-electron chi connectivity index (χ1n) is 9.81. The van der Waals surface area contributed by atoms with E-state index in [0.717, 1.165) is 34.8 Å². The van der Waals surface area contributed by atoms with Crippen molar-refractivity contribution in [3.05, 3.63) is 64.2 Å². The average molecular weight is 441 g/mol. The molecule has 2 aromatic heterocycles. The Kier molecular flexibility index (Phi) is 6.40. The summed E-state index contributed by atoms with van der Waals surface area (Å²) in [5.41, 5.74) is 2.76. The van der Waals surface area contributed by atoms with Gasteiger partial charge in [0.1, 0.15) is 5.92 Å². The van der Waals surface area contributed by atoms with Gasteiger partial charge in [-0.3, -0.25) is 14.6 Å². The van der Waals surface area contributed by atoms with Gasteiger partial charge in [-0.15, -0.1) is 11.3 Å². The summed E-state index contributed by atoms with van der Waals surface area (Å²) in [6, 6.07) is 11.0. The second-order valence-corrected chi connectivity index (χ2v) is 8.44. The van der Waals surface area contributed by atoms with E-state index in [1.807, 2.05) is 17.5 Å². The summed E-state index contributed by atoms with van der Waals surface area (Å²) >= 11 is 7.52. The van der Waals surface area contributed by atoms with Gasteiger partial charge in [0, 0.05) is 53.6 Å². The standard InChI is InChI=1S/C22H21ClN4O2S/c23-16-3-5-17(6-4-16)27-13-9-18(22(27)29)21(28)25-10-1-2-20-26-19(14-30-20)15-7-11-24-12-8-15/h3-8,11-12,14,18H,1-2,9-10,13H2,(H,25,28). The largest absolute Gasteiger partial charge is 0.355 e. The van der Waals surface area contributed by atoms with Crippen molar-refractivity contribution in [1.29, 1.82) is 0 Å². The highest BCUT2D eigenvalue weighted by atomic mass is 35.5. The van der Waals surface area contributed by atoms with E-state index in [1.54, 1.807) is 52.9 Å². The number of anilines is 1. The molecular weight excluding hydrogens is 420 g/mol. The van der Waals surface area contributed by atoms with Crippen LogP contribution in [0.4, 0.5) is 5.69 Å². The number of carbonyl (C=O) groups excluding carboxylic acids is 2. The number of hydrogen-bond donors (Lipinski definition) is 1. The lowest BCUT2D eigenvalue weighted by Gasteiger charge is -2.16. The van der Waals surface area contributed by atoms with E-state index in [2.05, 4.69) is 15.3 Å². The minimum Gasteiger partial charge on any atom is -0.355 e. The first kappa shape index (κ1) is 20.5. The Balaban J connectivity index is 1.24. The molecule has 3 aromatic rings. The molecule has 0 bridgehead atoms. The van der Waals surface area contributed by atoms with Crippen LogP contribution in [0.5, 0.6) is 0 Å². The Labute approximate surface area is 183 Å². The molecule has 1 atom stereocenters. The van der Waals surface area contributed by atoms with E-state index in [4.69, 9.17) is 11.6 Å². The number of benzene rings is 1. The highest BCUT2D eigenvalue weighted by Gasteiger charge is 2.37. The zero-order valence-corrected chi connectivity index (χ0v) is 17.8. The van der Waals surface area contributed by atoms with Gasteiger partial charge >= 0.3 is 0 Å². The maximum Gasteiger partial charge on any atom is 0.239 e. The van der Waals surface area contributed by atoms with E-state index >= 15 is 0 Å². The van der Waals surface area contributed by atoms with Crippen molar-refractivity contribution in [3.63, 3.8) is 0 Å². The van der Waals surface area contributed by atoms with Crippen molar-refractivity contribution in [2.75, 3.05) is 18.0 Å². The minimum atomic E-state index is -0.626. The molecule has 8 heteroatoms. The number of carbonyl (C=O) groups is 2. The maximum atomic E-state index is 12.6. The summed E-state index contributed by atoms with van der Waals surface area (Å²) in [6.07, 6.45) is 5.59. The van der Waals surface area contributed by atoms with Gasteiger partial charge in [0.2, 0.25) is 11.8 Å². The number of amides is 2. The summed E-state index contributed by atoms with van der Waals surface area (Å²) in [5.74, 6) is -0.983. The number of nitrogens with zero attached hydrogens (tertiary/aromatic N) is 3. The Morgan fingerprint density at radius 2 is 1.97 bits per heavy atom. The molecule has 1 saturated heterocycles. The van der Waals surface area contributed by atoms with Gasteiger partial charge in [0.25, 0.3) is 0 Å². The molecule has 0 aliphatic carbocycles. The van der Waals surface area contributed by atoms with Crippen LogP contribution in [0.2, 0.25) is 5.02 Å². The van der Waals surface area contributed by atoms with Crippen molar-refractivity contribution in [2.45, 2.75) is 19.3 Å². The number of halogens is 1. The van der Waals surface area contributed by atoms with E-state index in [0.29, 0.717) is 24.5 Å². The van der Waals surface area contributed by atoms with Crippen LogP contribution in [-0.2, 0) is 16.0 Å². The van der Waals surface area contributed by atoms with Crippen LogP contribution >= 0.6 is 22.9 Å². The van der Waals surface area contributed by atoms with E-state index < -0.39 is 5.92 Å². The lowest BCUT2D eigenvalue weighted by Crippen LogP contribution is -2.37. The number of thiazole rings is 1. The minimum absolute atomic E-state index is 0.156. The SMILES string of the molecule is O=C(NCCCc1nc(-c2ccncc2)cs1)C1CCN(c2ccc(Cl)cc2)C1=O. The molecule has 0 spiro atoms. The van der Waals surface area contributed by atoms with E-state index in [9.17, 15) is 9.59 Å². The van der Waals surface area contributed by atoms with Gasteiger partial charge in [-0.2, -0.15) is 0 Å². The fourth-order valence-electron chi connectivity index (χ4n) is 3.46. The van der Waals surface area contributed by atoms with Crippen molar-refractivity contribution >= 4 is 40.4 Å². The molecule has 0 radical (unpaired) electrons. The molecule has 3 heterocycles. The van der Waals surface area contributed by atoms with Gasteiger partial charge in [-0.1, -0.05) is 11.6 Å². The third-order valence-corrected chi connectivity index (χ3v) is 6.22. The zero-order valence-electron chi connectivity index (χ0n) is 16.3. The maximum absolute atomic E-state index is 12.6. The molecule has 1 aliphatic heterocycles. The Hall–Kier alpha value is -2.77. The van der Waals surface area contributed by atoms with Crippen LogP contribution in [0.1, 0.15) is 17.8 Å². The number of rotatable bonds is 7. The van der Waals surface area contributed by atoms with Crippen LogP contribution in [0.25, 0.3) is 11.3 Å². The van der Waals surface area contributed by atoms with Crippen molar-refractivity contribution in [3.8, 4) is 11.3 Å². The summed E-state index contributed by atoms with van der Waals surface area (Å²) in [6.45, 7) is 1.06. The fourth-order valence-corrected chi connectivity index (χ4v) is 4.43. The lowest BCUT2D eigenvalue weighted by molar-refractivity contribution is -0.132. The molecule has 30 heavy (non-hydrogen) atoms. The van der Waals surface area contributed by atoms with Crippen molar-refractivity contribution in [1.82, 2.24) is 15.3 Å². The van der Waals surface area contributed by atoms with Gasteiger partial charge in [0.15, 0.2) is 0 Å². The summed E-state index contributed by atoms with van der Waals surface area (Å²) in [7, 11) is 0.